The van der Waals surface area contributed by atoms with Crippen molar-refractivity contribution in [2.45, 2.75) is 25.8 Å². The molecule has 0 radical (unpaired) electrons. The molecule has 0 aliphatic carbocycles. The summed E-state index contributed by atoms with van der Waals surface area (Å²) in [6.07, 6.45) is 1.59. The number of benzene rings is 1. The fourth-order valence-corrected chi connectivity index (χ4v) is 1.89. The predicted molar refractivity (Wildman–Crippen MR) is 60.7 cm³/mol. The van der Waals surface area contributed by atoms with E-state index in [4.69, 9.17) is 0 Å². The quantitative estimate of drug-likeness (QED) is 0.829. The number of carbonyl (C=O) groups is 1. The summed E-state index contributed by atoms with van der Waals surface area (Å²) < 4.78 is 27.0. The van der Waals surface area contributed by atoms with Crippen LogP contribution in [-0.4, -0.2) is 18.5 Å². The van der Waals surface area contributed by atoms with Crippen LogP contribution in [0.15, 0.2) is 12.1 Å². The van der Waals surface area contributed by atoms with Crippen molar-refractivity contribution < 1.29 is 13.6 Å². The molecule has 0 spiro atoms. The second-order valence-electron chi connectivity index (χ2n) is 4.19. The maximum atomic E-state index is 13.6. The van der Waals surface area contributed by atoms with Gasteiger partial charge in [0.2, 0.25) is 5.91 Å². The number of nitrogens with one attached hydrogen (secondary N) is 2. The molecule has 1 aliphatic heterocycles. The van der Waals surface area contributed by atoms with Crippen molar-refractivity contribution in [3.63, 3.8) is 0 Å². The molecule has 2 rings (SSSR count). The van der Waals surface area contributed by atoms with Crippen LogP contribution in [0.25, 0.3) is 0 Å². The van der Waals surface area contributed by atoms with Crippen molar-refractivity contribution in [1.29, 1.82) is 0 Å². The smallest absolute Gasteiger partial charge is 0.241 e. The normalized spacial score (nSPS) is 19.4. The van der Waals surface area contributed by atoms with Crippen LogP contribution in [0.5, 0.6) is 0 Å². The average molecular weight is 240 g/mol. The van der Waals surface area contributed by atoms with Gasteiger partial charge in [0.15, 0.2) is 5.82 Å². The highest BCUT2D eigenvalue weighted by Crippen LogP contribution is 2.22. The molecule has 3 nitrogen and oxygen atoms in total. The first kappa shape index (κ1) is 12.0. The highest BCUT2D eigenvalue weighted by Gasteiger charge is 2.24. The van der Waals surface area contributed by atoms with E-state index in [2.05, 4.69) is 10.6 Å². The van der Waals surface area contributed by atoms with Gasteiger partial charge in [-0.15, -0.1) is 0 Å². The molecule has 1 atom stereocenters. The summed E-state index contributed by atoms with van der Waals surface area (Å²) in [5, 5.41) is 5.28. The molecule has 0 bridgehead atoms. The second kappa shape index (κ2) is 4.79. The van der Waals surface area contributed by atoms with E-state index in [0.29, 0.717) is 12.0 Å². The van der Waals surface area contributed by atoms with E-state index >= 15 is 0 Å². The lowest BCUT2D eigenvalue weighted by atomic mass is 10.1. The third kappa shape index (κ3) is 2.44. The predicted octanol–water partition coefficient (Wildman–Crippen LogP) is 1.96. The molecule has 1 aliphatic rings. The SMILES string of the molecule is Cc1ccc(F)c(NC(=O)[C@H]2CCCN2)c1F. The number of amides is 1. The Labute approximate surface area is 98.2 Å². The van der Waals surface area contributed by atoms with E-state index in [9.17, 15) is 13.6 Å². The largest absolute Gasteiger partial charge is 0.320 e. The van der Waals surface area contributed by atoms with Gasteiger partial charge in [-0.3, -0.25) is 4.79 Å². The molecule has 0 unspecified atom stereocenters. The Morgan fingerprint density at radius 2 is 2.24 bits per heavy atom. The number of carbonyl (C=O) groups excluding carboxylic acids is 1. The summed E-state index contributed by atoms with van der Waals surface area (Å²) in [6.45, 7) is 2.29. The lowest BCUT2D eigenvalue weighted by Crippen LogP contribution is -2.36. The number of halogens is 2. The highest BCUT2D eigenvalue weighted by atomic mass is 19.1. The third-order valence-corrected chi connectivity index (χ3v) is 2.91. The van der Waals surface area contributed by atoms with Crippen LogP contribution in [0, 0.1) is 18.6 Å². The third-order valence-electron chi connectivity index (χ3n) is 2.91. The Morgan fingerprint density at radius 1 is 1.47 bits per heavy atom. The van der Waals surface area contributed by atoms with Gasteiger partial charge in [0.1, 0.15) is 11.5 Å². The molecule has 0 saturated carbocycles. The molecule has 1 aromatic rings. The minimum Gasteiger partial charge on any atom is -0.320 e. The zero-order chi connectivity index (χ0) is 12.4. The maximum absolute atomic E-state index is 13.6. The van der Waals surface area contributed by atoms with Crippen LogP contribution in [-0.2, 0) is 4.79 Å². The Balaban J connectivity index is 2.17. The Bertz CT molecular complexity index is 442. The zero-order valence-electron chi connectivity index (χ0n) is 9.52. The zero-order valence-corrected chi connectivity index (χ0v) is 9.52. The summed E-state index contributed by atoms with van der Waals surface area (Å²) in [4.78, 5) is 11.7. The van der Waals surface area contributed by atoms with E-state index < -0.39 is 11.6 Å². The van der Waals surface area contributed by atoms with Crippen molar-refractivity contribution in [2.24, 2.45) is 0 Å². The number of rotatable bonds is 2. The molecular weight excluding hydrogens is 226 g/mol. The molecule has 5 heteroatoms. The number of aryl methyl sites for hydroxylation is 1. The monoisotopic (exact) mass is 240 g/mol. The van der Waals surface area contributed by atoms with E-state index in [0.717, 1.165) is 19.0 Å². The highest BCUT2D eigenvalue weighted by molar-refractivity contribution is 5.95. The molecule has 2 N–H and O–H groups in total. The fourth-order valence-electron chi connectivity index (χ4n) is 1.89. The standard InChI is InChI=1S/C12H14F2N2O/c1-7-4-5-8(13)11(10(7)14)16-12(17)9-3-2-6-15-9/h4-5,9,15H,2-3,6H2,1H3,(H,16,17)/t9-/m1/s1. The number of anilines is 1. The van der Waals surface area contributed by atoms with Crippen LogP contribution in [0.2, 0.25) is 0 Å². The van der Waals surface area contributed by atoms with Crippen LogP contribution in [0.3, 0.4) is 0 Å². The molecule has 1 fully saturated rings. The summed E-state index contributed by atoms with van der Waals surface area (Å²) in [5.74, 6) is -1.85. The molecule has 0 aromatic heterocycles. The van der Waals surface area contributed by atoms with Crippen LogP contribution in [0.4, 0.5) is 14.5 Å². The van der Waals surface area contributed by atoms with Gasteiger partial charge in [-0.25, -0.2) is 8.78 Å². The summed E-state index contributed by atoms with van der Waals surface area (Å²) >= 11 is 0. The Kier molecular flexibility index (Phi) is 3.38. The van der Waals surface area contributed by atoms with Gasteiger partial charge < -0.3 is 10.6 Å². The first-order chi connectivity index (χ1) is 8.09. The molecule has 1 amide bonds. The summed E-state index contributed by atoms with van der Waals surface area (Å²) in [5.41, 5.74) is -0.0511. The van der Waals surface area contributed by atoms with Crippen LogP contribution < -0.4 is 10.6 Å². The van der Waals surface area contributed by atoms with E-state index in [1.807, 2.05) is 0 Å². The minimum absolute atomic E-state index is 0.307. The van der Waals surface area contributed by atoms with Crippen molar-refractivity contribution in [2.75, 3.05) is 11.9 Å². The van der Waals surface area contributed by atoms with Crippen LogP contribution >= 0.6 is 0 Å². The van der Waals surface area contributed by atoms with Gasteiger partial charge in [-0.05, 0) is 37.9 Å². The lowest BCUT2D eigenvalue weighted by Gasteiger charge is -2.13. The van der Waals surface area contributed by atoms with E-state index in [1.165, 1.54) is 13.0 Å². The number of hydrogen-bond donors (Lipinski definition) is 2. The molecular formula is C12H14F2N2O. The average Bonchev–Trinajstić information content (AvgIpc) is 2.83. The first-order valence-corrected chi connectivity index (χ1v) is 5.58. The van der Waals surface area contributed by atoms with Crippen molar-refractivity contribution in [3.8, 4) is 0 Å². The molecule has 17 heavy (non-hydrogen) atoms. The summed E-state index contributed by atoms with van der Waals surface area (Å²) in [6, 6.07) is 2.14. The number of hydrogen-bond acceptors (Lipinski definition) is 2. The second-order valence-corrected chi connectivity index (χ2v) is 4.19. The van der Waals surface area contributed by atoms with Gasteiger partial charge in [0, 0.05) is 0 Å². The first-order valence-electron chi connectivity index (χ1n) is 5.58. The van der Waals surface area contributed by atoms with Gasteiger partial charge in [0.25, 0.3) is 0 Å². The molecule has 1 heterocycles. The Hall–Kier alpha value is -1.49. The van der Waals surface area contributed by atoms with Crippen molar-refractivity contribution in [3.05, 3.63) is 29.3 Å². The van der Waals surface area contributed by atoms with Crippen molar-refractivity contribution >= 4 is 11.6 Å². The van der Waals surface area contributed by atoms with Gasteiger partial charge in [-0.1, -0.05) is 6.07 Å². The molecule has 92 valence electrons. The molecule has 1 saturated heterocycles. The molecule has 1 aromatic carbocycles. The van der Waals surface area contributed by atoms with Gasteiger partial charge in [0.05, 0.1) is 6.04 Å². The van der Waals surface area contributed by atoms with Crippen LogP contribution in [0.1, 0.15) is 18.4 Å². The van der Waals surface area contributed by atoms with E-state index in [-0.39, 0.29) is 17.6 Å². The Morgan fingerprint density at radius 3 is 2.88 bits per heavy atom. The van der Waals surface area contributed by atoms with Gasteiger partial charge >= 0.3 is 0 Å². The van der Waals surface area contributed by atoms with Gasteiger partial charge in [-0.2, -0.15) is 0 Å². The summed E-state index contributed by atoms with van der Waals surface area (Å²) in [7, 11) is 0. The minimum atomic E-state index is -0.751. The van der Waals surface area contributed by atoms with E-state index in [1.54, 1.807) is 0 Å². The fraction of sp³-hybridized carbons (Fsp3) is 0.417. The van der Waals surface area contributed by atoms with Crippen molar-refractivity contribution in [1.82, 2.24) is 5.32 Å². The maximum Gasteiger partial charge on any atom is 0.241 e. The topological polar surface area (TPSA) is 41.1 Å². The lowest BCUT2D eigenvalue weighted by molar-refractivity contribution is -0.117.